The summed E-state index contributed by atoms with van der Waals surface area (Å²) in [4.78, 5) is 9.33. The Kier molecular flexibility index (Phi) is 4.28. The van der Waals surface area contributed by atoms with Crippen LogP contribution in [0.1, 0.15) is 12.0 Å². The number of aromatic nitrogens is 2. The van der Waals surface area contributed by atoms with Gasteiger partial charge in [-0.15, -0.1) is 0 Å². The lowest BCUT2D eigenvalue weighted by atomic mass is 9.94. The first-order chi connectivity index (χ1) is 14.0. The van der Waals surface area contributed by atoms with Crippen molar-refractivity contribution in [2.24, 2.45) is 0 Å². The minimum atomic E-state index is 0.665. The third-order valence-electron chi connectivity index (χ3n) is 5.60. The van der Waals surface area contributed by atoms with Crippen molar-refractivity contribution in [1.82, 2.24) is 14.9 Å². The molecule has 0 amide bonds. The smallest absolute Gasteiger partial charge is 0.167 e. The number of aryl methyl sites for hydroxylation is 1. The van der Waals surface area contributed by atoms with Gasteiger partial charge in [0.05, 0.1) is 17.6 Å². The number of nitrogens with one attached hydrogen (secondary N) is 2. The highest BCUT2D eigenvalue weighted by Crippen LogP contribution is 2.40. The lowest BCUT2D eigenvalue weighted by Gasteiger charge is -2.12. The first-order valence-corrected chi connectivity index (χ1v) is 10.0. The molecular weight excluding hydrogens is 357 g/mol. The minimum Gasteiger partial charge on any atom is -0.489 e. The Labute approximate surface area is 171 Å². The second-order valence-corrected chi connectivity index (χ2v) is 8.16. The number of hydrogen-bond acceptors (Lipinski definition) is 2. The van der Waals surface area contributed by atoms with Gasteiger partial charge in [-0.2, -0.15) is 0 Å². The van der Waals surface area contributed by atoms with Crippen LogP contribution in [0.4, 0.5) is 0 Å². The van der Waals surface area contributed by atoms with Crippen molar-refractivity contribution < 1.29 is 4.74 Å². The molecule has 0 unspecified atom stereocenters. The molecule has 0 aliphatic carbocycles. The van der Waals surface area contributed by atoms with E-state index in [-0.39, 0.29) is 0 Å². The number of aromatic amines is 2. The summed E-state index contributed by atoms with van der Waals surface area (Å²) >= 11 is 0. The fourth-order valence-electron chi connectivity index (χ4n) is 4.18. The van der Waals surface area contributed by atoms with Gasteiger partial charge in [0.1, 0.15) is 7.85 Å². The number of fused-ring (bicyclic) bond motifs is 6. The van der Waals surface area contributed by atoms with Crippen LogP contribution in [0.25, 0.3) is 43.6 Å². The van der Waals surface area contributed by atoms with Crippen molar-refractivity contribution in [3.8, 4) is 5.75 Å². The van der Waals surface area contributed by atoms with Crippen molar-refractivity contribution >= 4 is 56.9 Å². The van der Waals surface area contributed by atoms with Crippen LogP contribution in [0.2, 0.25) is 0 Å². The van der Waals surface area contributed by atoms with E-state index in [0.29, 0.717) is 6.61 Å². The Morgan fingerprint density at radius 2 is 1.52 bits per heavy atom. The van der Waals surface area contributed by atoms with Crippen LogP contribution in [-0.2, 0) is 0 Å². The van der Waals surface area contributed by atoms with Crippen LogP contribution in [0.3, 0.4) is 0 Å². The lowest BCUT2D eigenvalue weighted by molar-refractivity contribution is 0.286. The Hall–Kier alpha value is -2.92. The topological polar surface area (TPSA) is 44.0 Å². The zero-order chi connectivity index (χ0) is 20.1. The normalized spacial score (nSPS) is 12.1. The molecule has 0 aliphatic rings. The van der Waals surface area contributed by atoms with Gasteiger partial charge >= 0.3 is 0 Å². The fourth-order valence-corrected chi connectivity index (χ4v) is 4.18. The molecule has 5 heteroatoms. The van der Waals surface area contributed by atoms with E-state index >= 15 is 0 Å². The van der Waals surface area contributed by atoms with E-state index in [9.17, 15) is 0 Å². The molecule has 3 aromatic carbocycles. The Bertz CT molecular complexity index is 1270. The highest BCUT2D eigenvalue weighted by atomic mass is 16.5. The van der Waals surface area contributed by atoms with E-state index in [4.69, 9.17) is 12.6 Å². The van der Waals surface area contributed by atoms with Gasteiger partial charge in [-0.05, 0) is 51.7 Å². The Morgan fingerprint density at radius 3 is 2.21 bits per heavy atom. The molecule has 2 N–H and O–H groups in total. The van der Waals surface area contributed by atoms with Crippen molar-refractivity contribution in [1.29, 1.82) is 0 Å². The SMILES string of the molecule is [B]c1ccc2[nH]c3c(OCCCN(C)C)c4[nH]c5ccc(C)cc5c4cc3c2c1. The molecule has 0 saturated heterocycles. The molecule has 5 aromatic rings. The monoisotopic (exact) mass is 381 g/mol. The van der Waals surface area contributed by atoms with Crippen molar-refractivity contribution in [3.63, 3.8) is 0 Å². The molecule has 2 radical (unpaired) electrons. The number of nitrogens with zero attached hydrogens (tertiary/aromatic N) is 1. The van der Waals surface area contributed by atoms with Gasteiger partial charge < -0.3 is 19.6 Å². The third-order valence-corrected chi connectivity index (χ3v) is 5.60. The summed E-state index contributed by atoms with van der Waals surface area (Å²) in [6.07, 6.45) is 0.970. The second kappa shape index (κ2) is 6.85. The Morgan fingerprint density at radius 1 is 0.862 bits per heavy atom. The lowest BCUT2D eigenvalue weighted by Crippen LogP contribution is -2.15. The van der Waals surface area contributed by atoms with E-state index < -0.39 is 0 Å². The van der Waals surface area contributed by atoms with Gasteiger partial charge in [0.15, 0.2) is 5.75 Å². The molecule has 144 valence electrons. The molecule has 0 atom stereocenters. The van der Waals surface area contributed by atoms with Crippen LogP contribution < -0.4 is 10.2 Å². The quantitative estimate of drug-likeness (QED) is 0.350. The molecule has 0 saturated carbocycles. The first-order valence-electron chi connectivity index (χ1n) is 10.0. The molecular formula is C24H24BN3O. The molecule has 29 heavy (non-hydrogen) atoms. The number of ether oxygens (including phenoxy) is 1. The summed E-state index contributed by atoms with van der Waals surface area (Å²) < 4.78 is 6.38. The maximum absolute atomic E-state index is 6.38. The van der Waals surface area contributed by atoms with Crippen LogP contribution in [0.5, 0.6) is 5.75 Å². The third kappa shape index (κ3) is 3.06. The molecule has 0 aliphatic heterocycles. The second-order valence-electron chi connectivity index (χ2n) is 8.16. The van der Waals surface area contributed by atoms with Gasteiger partial charge in [0.2, 0.25) is 0 Å². The van der Waals surface area contributed by atoms with Crippen LogP contribution in [0, 0.1) is 6.92 Å². The van der Waals surface area contributed by atoms with Crippen LogP contribution in [0.15, 0.2) is 42.5 Å². The molecule has 2 heterocycles. The summed E-state index contributed by atoms with van der Waals surface area (Å²) in [7, 11) is 10.3. The van der Waals surface area contributed by atoms with Crippen molar-refractivity contribution in [3.05, 3.63) is 48.0 Å². The number of benzene rings is 3. The standard InChI is InChI=1S/C24H24BN3O/c1-14-5-7-20-16(11-14)18-13-19-17-12-15(25)6-8-21(17)27-23(19)24(22(18)26-20)29-10-4-9-28(2)3/h5-8,11-13,26-27H,4,9-10H2,1-3H3. The number of hydrogen-bond donors (Lipinski definition) is 2. The minimum absolute atomic E-state index is 0.665. The highest BCUT2D eigenvalue weighted by molar-refractivity contribution is 6.34. The van der Waals surface area contributed by atoms with E-state index in [1.165, 1.54) is 16.3 Å². The largest absolute Gasteiger partial charge is 0.489 e. The molecule has 4 nitrogen and oxygen atoms in total. The summed E-state index contributed by atoms with van der Waals surface area (Å²) in [5.41, 5.74) is 6.27. The fraction of sp³-hybridized carbons (Fsp3) is 0.250. The molecule has 0 fully saturated rings. The van der Waals surface area contributed by atoms with Gasteiger partial charge in [-0.1, -0.05) is 29.2 Å². The summed E-state index contributed by atoms with van der Waals surface area (Å²) in [6.45, 7) is 3.79. The number of rotatable bonds is 5. The van der Waals surface area contributed by atoms with E-state index in [1.807, 2.05) is 18.2 Å². The van der Waals surface area contributed by atoms with Gasteiger partial charge in [0, 0.05) is 39.1 Å². The number of H-pyrrole nitrogens is 2. The van der Waals surface area contributed by atoms with Gasteiger partial charge in [0.25, 0.3) is 0 Å². The summed E-state index contributed by atoms with van der Waals surface area (Å²) in [6, 6.07) is 14.8. The zero-order valence-corrected chi connectivity index (χ0v) is 17.1. The highest BCUT2D eigenvalue weighted by Gasteiger charge is 2.17. The van der Waals surface area contributed by atoms with E-state index in [2.05, 4.69) is 60.2 Å². The van der Waals surface area contributed by atoms with Crippen molar-refractivity contribution in [2.75, 3.05) is 27.2 Å². The molecule has 0 bridgehead atoms. The first kappa shape index (κ1) is 18.1. The van der Waals surface area contributed by atoms with E-state index in [1.54, 1.807) is 0 Å². The average molecular weight is 381 g/mol. The summed E-state index contributed by atoms with van der Waals surface area (Å²) in [5, 5.41) is 4.67. The summed E-state index contributed by atoms with van der Waals surface area (Å²) in [5.74, 6) is 0.889. The molecule has 5 rings (SSSR count). The van der Waals surface area contributed by atoms with Gasteiger partial charge in [-0.25, -0.2) is 0 Å². The predicted octanol–water partition coefficient (Wildman–Crippen LogP) is 4.39. The van der Waals surface area contributed by atoms with Crippen LogP contribution >= 0.6 is 0 Å². The average Bonchev–Trinajstić information content (AvgIpc) is 3.22. The van der Waals surface area contributed by atoms with Crippen molar-refractivity contribution in [2.45, 2.75) is 13.3 Å². The predicted molar refractivity (Wildman–Crippen MR) is 124 cm³/mol. The Balaban J connectivity index is 1.78. The maximum atomic E-state index is 6.38. The van der Waals surface area contributed by atoms with Crippen LogP contribution in [-0.4, -0.2) is 50.0 Å². The zero-order valence-electron chi connectivity index (χ0n) is 17.1. The van der Waals surface area contributed by atoms with E-state index in [0.717, 1.165) is 57.0 Å². The van der Waals surface area contributed by atoms with Gasteiger partial charge in [-0.3, -0.25) is 0 Å². The molecule has 2 aromatic heterocycles. The molecule has 0 spiro atoms. The maximum Gasteiger partial charge on any atom is 0.167 e.